The number of benzene rings is 7. The summed E-state index contributed by atoms with van der Waals surface area (Å²) < 4.78 is 0. The molecule has 4 heterocycles. The first-order chi connectivity index (χ1) is 28.2. The Bertz CT molecular complexity index is 3170. The summed E-state index contributed by atoms with van der Waals surface area (Å²) in [7, 11) is 0. The van der Waals surface area contributed by atoms with E-state index in [0.29, 0.717) is 0 Å². The van der Waals surface area contributed by atoms with E-state index in [4.69, 9.17) is 0 Å². The Morgan fingerprint density at radius 3 is 1.40 bits per heavy atom. The molecular formula is C52H33N5. The summed E-state index contributed by atoms with van der Waals surface area (Å²) >= 11 is 0. The van der Waals surface area contributed by atoms with Gasteiger partial charge in [-0.05, 0) is 138 Å². The zero-order chi connectivity index (χ0) is 37.7. The van der Waals surface area contributed by atoms with E-state index in [2.05, 4.69) is 176 Å². The van der Waals surface area contributed by atoms with Crippen molar-refractivity contribution >= 4 is 71.2 Å². The highest BCUT2D eigenvalue weighted by atomic mass is 15.1. The fourth-order valence-electron chi connectivity index (χ4n) is 8.26. The standard InChI is InChI=1S/C52H33N5/c1-2-4-37-29-38(6-5-34(37)3-1)39-13-19-45-40(30-39)7-8-41-31-44(18-20-46(41)45)57(42-14-9-35(10-15-42)47-21-27-55-51-23-25-53-32-49(47)51)43-16-11-36(12-17-43)48-22-28-56-52-24-26-54-33-50(48)52/h1-33H. The van der Waals surface area contributed by atoms with E-state index in [1.165, 1.54) is 43.4 Å². The first-order valence-corrected chi connectivity index (χ1v) is 19.1. The Hall–Kier alpha value is -7.76. The number of rotatable bonds is 6. The lowest BCUT2D eigenvalue weighted by atomic mass is 9.96. The van der Waals surface area contributed by atoms with E-state index in [9.17, 15) is 0 Å². The van der Waals surface area contributed by atoms with Gasteiger partial charge < -0.3 is 4.90 Å². The van der Waals surface area contributed by atoms with Gasteiger partial charge in [0.15, 0.2) is 0 Å². The molecule has 0 radical (unpaired) electrons. The van der Waals surface area contributed by atoms with Gasteiger partial charge in [-0.2, -0.15) is 0 Å². The molecule has 0 aliphatic rings. The third-order valence-electron chi connectivity index (χ3n) is 11.1. The Morgan fingerprint density at radius 1 is 0.316 bits per heavy atom. The number of fused-ring (bicyclic) bond motifs is 6. The van der Waals surface area contributed by atoms with Crippen LogP contribution in [0.4, 0.5) is 17.1 Å². The molecule has 0 saturated heterocycles. The quantitative estimate of drug-likeness (QED) is 0.160. The summed E-state index contributed by atoms with van der Waals surface area (Å²) in [4.78, 5) is 20.2. The Balaban J connectivity index is 1.00. The molecule has 0 amide bonds. The van der Waals surface area contributed by atoms with Crippen LogP contribution in [0.1, 0.15) is 0 Å². The number of pyridine rings is 4. The number of hydrogen-bond acceptors (Lipinski definition) is 5. The molecule has 0 bridgehead atoms. The van der Waals surface area contributed by atoms with Crippen molar-refractivity contribution in [3.8, 4) is 33.4 Å². The molecule has 0 saturated carbocycles. The minimum Gasteiger partial charge on any atom is -0.310 e. The van der Waals surface area contributed by atoms with Gasteiger partial charge in [0.25, 0.3) is 0 Å². The van der Waals surface area contributed by atoms with Crippen molar-refractivity contribution in [1.29, 1.82) is 0 Å². The lowest BCUT2D eigenvalue weighted by Gasteiger charge is -2.26. The zero-order valence-corrected chi connectivity index (χ0v) is 30.8. The van der Waals surface area contributed by atoms with Crippen molar-refractivity contribution in [1.82, 2.24) is 19.9 Å². The van der Waals surface area contributed by atoms with Gasteiger partial charge in [-0.25, -0.2) is 0 Å². The summed E-state index contributed by atoms with van der Waals surface area (Å²) in [5, 5.41) is 9.44. The van der Waals surface area contributed by atoms with Crippen LogP contribution >= 0.6 is 0 Å². The van der Waals surface area contributed by atoms with Gasteiger partial charge >= 0.3 is 0 Å². The third kappa shape index (κ3) is 5.81. The van der Waals surface area contributed by atoms with Crippen molar-refractivity contribution < 1.29 is 0 Å². The highest BCUT2D eigenvalue weighted by molar-refractivity contribution is 6.10. The van der Waals surface area contributed by atoms with E-state index >= 15 is 0 Å². The van der Waals surface area contributed by atoms with Gasteiger partial charge in [0.05, 0.1) is 11.0 Å². The second kappa shape index (κ2) is 13.5. The Labute approximate surface area is 329 Å². The van der Waals surface area contributed by atoms with Crippen LogP contribution in [0.2, 0.25) is 0 Å². The molecule has 5 nitrogen and oxygen atoms in total. The topological polar surface area (TPSA) is 54.8 Å². The maximum atomic E-state index is 4.55. The highest BCUT2D eigenvalue weighted by Crippen LogP contribution is 2.40. The van der Waals surface area contributed by atoms with Crippen molar-refractivity contribution in [3.05, 3.63) is 201 Å². The predicted octanol–water partition coefficient (Wildman–Crippen LogP) is 13.5. The van der Waals surface area contributed by atoms with Crippen LogP contribution < -0.4 is 4.90 Å². The van der Waals surface area contributed by atoms with Gasteiger partial charge in [0.1, 0.15) is 0 Å². The van der Waals surface area contributed by atoms with Crippen molar-refractivity contribution in [2.75, 3.05) is 4.90 Å². The largest absolute Gasteiger partial charge is 0.310 e. The van der Waals surface area contributed by atoms with E-state index < -0.39 is 0 Å². The highest BCUT2D eigenvalue weighted by Gasteiger charge is 2.16. The summed E-state index contributed by atoms with van der Waals surface area (Å²) in [6, 6.07) is 59.0. The first kappa shape index (κ1) is 32.7. The van der Waals surface area contributed by atoms with Crippen LogP contribution in [0.15, 0.2) is 201 Å². The van der Waals surface area contributed by atoms with Gasteiger partial charge in [-0.1, -0.05) is 91.0 Å². The second-order valence-electron chi connectivity index (χ2n) is 14.4. The van der Waals surface area contributed by atoms with Crippen molar-refractivity contribution in [2.45, 2.75) is 0 Å². The lowest BCUT2D eigenvalue weighted by molar-refractivity contribution is 1.29. The first-order valence-electron chi connectivity index (χ1n) is 19.1. The number of nitrogens with zero attached hydrogens (tertiary/aromatic N) is 5. The molecule has 5 heteroatoms. The molecule has 0 fully saturated rings. The average Bonchev–Trinajstić information content (AvgIpc) is 3.29. The maximum absolute atomic E-state index is 4.55. The molecule has 11 aromatic rings. The SMILES string of the molecule is c1ccc2cc(-c3ccc4c(ccc5cc(N(c6ccc(-c7ccnc8ccncc78)cc6)c6ccc(-c7ccnc8ccncc78)cc6)ccc54)c3)ccc2c1. The van der Waals surface area contributed by atoms with Gasteiger partial charge in [-0.3, -0.25) is 19.9 Å². The third-order valence-corrected chi connectivity index (χ3v) is 11.1. The van der Waals surface area contributed by atoms with Crippen LogP contribution in [0, 0.1) is 0 Å². The summed E-state index contributed by atoms with van der Waals surface area (Å²) in [5.74, 6) is 0. The number of anilines is 3. The molecule has 7 aromatic carbocycles. The van der Waals surface area contributed by atoms with E-state index in [0.717, 1.165) is 61.1 Å². The second-order valence-corrected chi connectivity index (χ2v) is 14.4. The van der Waals surface area contributed by atoms with Crippen molar-refractivity contribution in [2.24, 2.45) is 0 Å². The minimum atomic E-state index is 0.930. The summed E-state index contributed by atoms with van der Waals surface area (Å²) in [6.07, 6.45) is 11.1. The Morgan fingerprint density at radius 2 is 0.789 bits per heavy atom. The van der Waals surface area contributed by atoms with Gasteiger partial charge in [0.2, 0.25) is 0 Å². The molecule has 0 N–H and O–H groups in total. The molecule has 57 heavy (non-hydrogen) atoms. The van der Waals surface area contributed by atoms with Crippen LogP contribution in [0.5, 0.6) is 0 Å². The fourth-order valence-corrected chi connectivity index (χ4v) is 8.26. The van der Waals surface area contributed by atoms with Crippen LogP contribution in [-0.4, -0.2) is 19.9 Å². The maximum Gasteiger partial charge on any atom is 0.0739 e. The molecule has 0 aliphatic heterocycles. The summed E-state index contributed by atoms with van der Waals surface area (Å²) in [5.41, 5.74) is 11.9. The fraction of sp³-hybridized carbons (Fsp3) is 0. The molecular weight excluding hydrogens is 695 g/mol. The number of hydrogen-bond donors (Lipinski definition) is 0. The normalized spacial score (nSPS) is 11.5. The van der Waals surface area contributed by atoms with Crippen LogP contribution in [-0.2, 0) is 0 Å². The molecule has 11 rings (SSSR count). The molecule has 0 atom stereocenters. The predicted molar refractivity (Wildman–Crippen MR) is 236 cm³/mol. The smallest absolute Gasteiger partial charge is 0.0739 e. The van der Waals surface area contributed by atoms with E-state index in [-0.39, 0.29) is 0 Å². The van der Waals surface area contributed by atoms with Crippen molar-refractivity contribution in [3.63, 3.8) is 0 Å². The molecule has 0 unspecified atom stereocenters. The lowest BCUT2D eigenvalue weighted by Crippen LogP contribution is -2.10. The molecule has 266 valence electrons. The number of aromatic nitrogens is 4. The van der Waals surface area contributed by atoms with Crippen LogP contribution in [0.25, 0.3) is 87.5 Å². The van der Waals surface area contributed by atoms with E-state index in [1.54, 1.807) is 12.4 Å². The average molecular weight is 728 g/mol. The van der Waals surface area contributed by atoms with E-state index in [1.807, 2.05) is 36.9 Å². The zero-order valence-electron chi connectivity index (χ0n) is 30.8. The van der Waals surface area contributed by atoms with Gasteiger partial charge in [0, 0.05) is 65.0 Å². The summed E-state index contributed by atoms with van der Waals surface area (Å²) in [6.45, 7) is 0. The Kier molecular flexibility index (Phi) is 7.74. The van der Waals surface area contributed by atoms with Gasteiger partial charge in [-0.15, -0.1) is 0 Å². The minimum absolute atomic E-state index is 0.930. The molecule has 0 aliphatic carbocycles. The monoisotopic (exact) mass is 727 g/mol. The molecule has 4 aromatic heterocycles. The van der Waals surface area contributed by atoms with Crippen LogP contribution in [0.3, 0.4) is 0 Å². The molecule has 0 spiro atoms.